The molecule has 2 aliphatic rings. The number of alkyl halides is 2. The predicted molar refractivity (Wildman–Crippen MR) is 92.5 cm³/mol. The minimum atomic E-state index is -2.80. The number of likely N-dealkylation sites (tertiary alicyclic amines) is 1. The Morgan fingerprint density at radius 2 is 1.85 bits per heavy atom. The fourth-order valence-electron chi connectivity index (χ4n) is 4.41. The number of piperidine rings is 1. The topological polar surface area (TPSA) is 47.1 Å². The molecule has 4 nitrogen and oxygen atoms in total. The average Bonchev–Trinajstić information content (AvgIpc) is 3.27. The van der Waals surface area contributed by atoms with Crippen LogP contribution in [0.1, 0.15) is 36.8 Å². The number of halogens is 3. The molecule has 4 rings (SSSR count). The second kappa shape index (κ2) is 6.70. The van der Waals surface area contributed by atoms with E-state index in [0.717, 1.165) is 18.4 Å². The highest BCUT2D eigenvalue weighted by molar-refractivity contribution is 5.23. The lowest BCUT2D eigenvalue weighted by molar-refractivity contribution is -0.0822. The molecule has 26 heavy (non-hydrogen) atoms. The minimum absolute atomic E-state index is 0.0899. The van der Waals surface area contributed by atoms with E-state index in [0.29, 0.717) is 6.54 Å². The van der Waals surface area contributed by atoms with Gasteiger partial charge in [0, 0.05) is 37.9 Å². The quantitative estimate of drug-likeness (QED) is 0.910. The van der Waals surface area contributed by atoms with Crippen LogP contribution in [0.3, 0.4) is 0 Å². The van der Waals surface area contributed by atoms with E-state index in [4.69, 9.17) is 5.73 Å². The Morgan fingerprint density at radius 1 is 1.12 bits per heavy atom. The fourth-order valence-corrected chi connectivity index (χ4v) is 4.41. The number of nitrogens with zero attached hydrogens (tertiary/aromatic N) is 3. The van der Waals surface area contributed by atoms with Gasteiger partial charge in [0.25, 0.3) is 5.92 Å². The highest BCUT2D eigenvalue weighted by atomic mass is 19.3. The van der Waals surface area contributed by atoms with Crippen molar-refractivity contribution in [1.29, 1.82) is 0 Å². The molecule has 1 aromatic heterocycles. The van der Waals surface area contributed by atoms with Crippen LogP contribution in [-0.4, -0.2) is 45.8 Å². The summed E-state index contributed by atoms with van der Waals surface area (Å²) in [6, 6.07) is 7.51. The maximum atomic E-state index is 13.8. The summed E-state index contributed by atoms with van der Waals surface area (Å²) in [6.07, 6.45) is 5.12. The van der Waals surface area contributed by atoms with Gasteiger partial charge in [0.1, 0.15) is 5.82 Å². The molecule has 1 saturated heterocycles. The van der Waals surface area contributed by atoms with Gasteiger partial charge in [-0.3, -0.25) is 9.58 Å². The van der Waals surface area contributed by atoms with Crippen molar-refractivity contribution in [3.05, 3.63) is 54.1 Å². The summed E-state index contributed by atoms with van der Waals surface area (Å²) < 4.78 is 42.8. The first-order chi connectivity index (χ1) is 12.4. The van der Waals surface area contributed by atoms with E-state index in [9.17, 15) is 13.2 Å². The highest BCUT2D eigenvalue weighted by Crippen LogP contribution is 2.44. The summed E-state index contributed by atoms with van der Waals surface area (Å²) in [4.78, 5) is 2.10. The van der Waals surface area contributed by atoms with E-state index in [1.54, 1.807) is 6.20 Å². The van der Waals surface area contributed by atoms with E-state index >= 15 is 0 Å². The summed E-state index contributed by atoms with van der Waals surface area (Å²) in [6.45, 7) is 0.519. The number of rotatable bonds is 3. The van der Waals surface area contributed by atoms with Gasteiger partial charge < -0.3 is 5.73 Å². The van der Waals surface area contributed by atoms with Crippen molar-refractivity contribution < 1.29 is 13.2 Å². The SMILES string of the molecule is NC1CN(C2CC(c3ccc(F)cc3)CC2n2cccn2)CCC1(F)F. The van der Waals surface area contributed by atoms with Crippen LogP contribution in [-0.2, 0) is 0 Å². The van der Waals surface area contributed by atoms with Crippen LogP contribution in [0.5, 0.6) is 0 Å². The van der Waals surface area contributed by atoms with Gasteiger partial charge in [-0.2, -0.15) is 5.10 Å². The molecule has 4 unspecified atom stereocenters. The highest BCUT2D eigenvalue weighted by Gasteiger charge is 2.47. The lowest BCUT2D eigenvalue weighted by Crippen LogP contribution is -2.58. The molecular formula is C19H23F3N4. The smallest absolute Gasteiger partial charge is 0.265 e. The minimum Gasteiger partial charge on any atom is -0.322 e. The van der Waals surface area contributed by atoms with Crippen LogP contribution < -0.4 is 5.73 Å². The molecule has 1 aromatic carbocycles. The second-order valence-corrected chi connectivity index (χ2v) is 7.45. The Labute approximate surface area is 150 Å². The lowest BCUT2D eigenvalue weighted by Gasteiger charge is -2.41. The zero-order valence-electron chi connectivity index (χ0n) is 14.4. The van der Waals surface area contributed by atoms with Crippen LogP contribution in [0.2, 0.25) is 0 Å². The van der Waals surface area contributed by atoms with E-state index in [2.05, 4.69) is 10.00 Å². The zero-order valence-corrected chi connectivity index (χ0v) is 14.4. The molecule has 2 aromatic rings. The average molecular weight is 364 g/mol. The van der Waals surface area contributed by atoms with Crippen molar-refractivity contribution in [2.45, 2.75) is 49.2 Å². The van der Waals surface area contributed by atoms with Gasteiger partial charge in [-0.15, -0.1) is 0 Å². The van der Waals surface area contributed by atoms with Crippen LogP contribution in [0, 0.1) is 5.82 Å². The van der Waals surface area contributed by atoms with Gasteiger partial charge in [0.05, 0.1) is 12.1 Å². The molecule has 4 atom stereocenters. The van der Waals surface area contributed by atoms with Gasteiger partial charge in [0.2, 0.25) is 0 Å². The summed E-state index contributed by atoms with van der Waals surface area (Å²) in [5, 5.41) is 4.38. The normalized spacial score (nSPS) is 32.0. The van der Waals surface area contributed by atoms with Gasteiger partial charge in [-0.1, -0.05) is 12.1 Å². The van der Waals surface area contributed by atoms with E-state index in [1.807, 2.05) is 29.1 Å². The number of hydrogen-bond donors (Lipinski definition) is 1. The number of nitrogens with two attached hydrogens (primary N) is 1. The van der Waals surface area contributed by atoms with Crippen LogP contribution in [0.15, 0.2) is 42.7 Å². The largest absolute Gasteiger partial charge is 0.322 e. The van der Waals surface area contributed by atoms with Crippen LogP contribution in [0.4, 0.5) is 13.2 Å². The number of benzene rings is 1. The van der Waals surface area contributed by atoms with Gasteiger partial charge in [-0.25, -0.2) is 13.2 Å². The summed E-state index contributed by atoms with van der Waals surface area (Å²) in [5.41, 5.74) is 6.82. The molecule has 1 saturated carbocycles. The molecule has 1 aliphatic carbocycles. The molecule has 7 heteroatoms. The van der Waals surface area contributed by atoms with Crippen LogP contribution in [0.25, 0.3) is 0 Å². The second-order valence-electron chi connectivity index (χ2n) is 7.45. The number of hydrogen-bond acceptors (Lipinski definition) is 3. The van der Waals surface area contributed by atoms with Crippen molar-refractivity contribution >= 4 is 0 Å². The third kappa shape index (κ3) is 3.25. The van der Waals surface area contributed by atoms with E-state index in [-0.39, 0.29) is 36.8 Å². The molecule has 0 radical (unpaired) electrons. The Bertz CT molecular complexity index is 732. The third-order valence-electron chi connectivity index (χ3n) is 5.88. The molecule has 2 N–H and O–H groups in total. The van der Waals surface area contributed by atoms with Gasteiger partial charge >= 0.3 is 0 Å². The Balaban J connectivity index is 1.58. The van der Waals surface area contributed by atoms with Crippen molar-refractivity contribution in [2.75, 3.05) is 13.1 Å². The molecule has 140 valence electrons. The van der Waals surface area contributed by atoms with Crippen molar-refractivity contribution in [3.8, 4) is 0 Å². The Hall–Kier alpha value is -1.86. The zero-order chi connectivity index (χ0) is 18.3. The third-order valence-corrected chi connectivity index (χ3v) is 5.88. The molecule has 1 aliphatic heterocycles. The molecule has 0 amide bonds. The van der Waals surface area contributed by atoms with E-state index in [1.165, 1.54) is 12.1 Å². The fraction of sp³-hybridized carbons (Fsp3) is 0.526. The Kier molecular flexibility index (Phi) is 4.52. The molecule has 0 bridgehead atoms. The van der Waals surface area contributed by atoms with Crippen LogP contribution >= 0.6 is 0 Å². The predicted octanol–water partition coefficient (Wildman–Crippen LogP) is 3.18. The lowest BCUT2D eigenvalue weighted by atomic mass is 9.96. The first kappa shape index (κ1) is 17.5. The van der Waals surface area contributed by atoms with Crippen molar-refractivity contribution in [3.63, 3.8) is 0 Å². The first-order valence-electron chi connectivity index (χ1n) is 9.06. The van der Waals surface area contributed by atoms with E-state index < -0.39 is 12.0 Å². The molecule has 0 spiro atoms. The summed E-state index contributed by atoms with van der Waals surface area (Å²) in [7, 11) is 0. The first-order valence-corrected chi connectivity index (χ1v) is 9.06. The monoisotopic (exact) mass is 364 g/mol. The standard InChI is InChI=1S/C19H23F3N4/c20-15-4-2-13(3-5-15)14-10-16(17(11-14)26-8-1-7-24-26)25-9-6-19(21,22)18(23)12-25/h1-5,7-8,14,16-18H,6,9-12,23H2. The molecule has 2 heterocycles. The van der Waals surface area contributed by atoms with Crippen molar-refractivity contribution in [2.24, 2.45) is 5.73 Å². The van der Waals surface area contributed by atoms with Gasteiger partial charge in [-0.05, 0) is 42.5 Å². The van der Waals surface area contributed by atoms with Gasteiger partial charge in [0.15, 0.2) is 0 Å². The summed E-state index contributed by atoms with van der Waals surface area (Å²) >= 11 is 0. The molecular weight excluding hydrogens is 341 g/mol. The van der Waals surface area contributed by atoms with Crippen molar-refractivity contribution in [1.82, 2.24) is 14.7 Å². The Morgan fingerprint density at radius 3 is 2.50 bits per heavy atom. The maximum Gasteiger partial charge on any atom is 0.265 e. The molecule has 2 fully saturated rings. The number of aromatic nitrogens is 2. The maximum absolute atomic E-state index is 13.8. The summed E-state index contributed by atoms with van der Waals surface area (Å²) in [5.74, 6) is -2.81.